The average molecular weight is 891 g/mol. The van der Waals surface area contributed by atoms with Gasteiger partial charge in [-0.2, -0.15) is 0 Å². The zero-order valence-corrected chi connectivity index (χ0v) is 42.5. The number of aliphatic hydroxyl groups is 2. The van der Waals surface area contributed by atoms with Crippen molar-refractivity contribution in [2.24, 2.45) is 0 Å². The topological polar surface area (TPSA) is 69.6 Å². The Morgan fingerprint density at radius 1 is 0.391 bits per heavy atom. The van der Waals surface area contributed by atoms with Gasteiger partial charge in [0.2, 0.25) is 5.91 Å². The summed E-state index contributed by atoms with van der Waals surface area (Å²) in [7, 11) is 0. The molecule has 64 heavy (non-hydrogen) atoms. The van der Waals surface area contributed by atoms with Crippen molar-refractivity contribution in [1.82, 2.24) is 5.32 Å². The van der Waals surface area contributed by atoms with Crippen molar-refractivity contribution in [3.63, 3.8) is 0 Å². The van der Waals surface area contributed by atoms with E-state index in [9.17, 15) is 15.0 Å². The van der Waals surface area contributed by atoms with E-state index in [1.54, 1.807) is 6.08 Å². The van der Waals surface area contributed by atoms with Gasteiger partial charge in [-0.1, -0.05) is 279 Å². The second-order valence-electron chi connectivity index (χ2n) is 18.6. The number of aliphatic hydroxyl groups excluding tert-OH is 2. The molecule has 0 bridgehead atoms. The van der Waals surface area contributed by atoms with Crippen molar-refractivity contribution in [2.75, 3.05) is 6.61 Å². The van der Waals surface area contributed by atoms with Crippen molar-refractivity contribution in [3.8, 4) is 0 Å². The maximum Gasteiger partial charge on any atom is 0.220 e. The Morgan fingerprint density at radius 3 is 1.03 bits per heavy atom. The zero-order valence-electron chi connectivity index (χ0n) is 42.5. The van der Waals surface area contributed by atoms with Gasteiger partial charge in [-0.15, -0.1) is 0 Å². The fourth-order valence-corrected chi connectivity index (χ4v) is 8.18. The molecule has 0 rings (SSSR count). The number of amides is 1. The molecule has 4 nitrogen and oxygen atoms in total. The van der Waals surface area contributed by atoms with Gasteiger partial charge in [0.05, 0.1) is 18.8 Å². The van der Waals surface area contributed by atoms with Crippen LogP contribution in [-0.4, -0.2) is 34.9 Å². The Kier molecular flexibility index (Phi) is 52.8. The van der Waals surface area contributed by atoms with Gasteiger partial charge in [0.25, 0.3) is 0 Å². The first kappa shape index (κ1) is 61.6. The highest BCUT2D eigenvalue weighted by Crippen LogP contribution is 2.16. The molecule has 0 aliphatic heterocycles. The first-order valence-corrected chi connectivity index (χ1v) is 27.8. The minimum absolute atomic E-state index is 0.0696. The molecule has 0 radical (unpaired) electrons. The van der Waals surface area contributed by atoms with E-state index in [0.717, 1.165) is 64.2 Å². The Morgan fingerprint density at radius 2 is 0.688 bits per heavy atom. The summed E-state index contributed by atoms with van der Waals surface area (Å²) in [5.74, 6) is -0.0696. The second kappa shape index (κ2) is 54.9. The number of nitrogens with one attached hydrogen (secondary N) is 1. The third-order valence-corrected chi connectivity index (χ3v) is 12.4. The number of hydrogen-bond acceptors (Lipinski definition) is 3. The van der Waals surface area contributed by atoms with Crippen molar-refractivity contribution in [2.45, 2.75) is 283 Å². The number of carbonyl (C=O) groups excluding carboxylic acids is 1. The first-order valence-electron chi connectivity index (χ1n) is 27.8. The molecule has 0 aliphatic carbocycles. The number of hydrogen-bond donors (Lipinski definition) is 3. The molecule has 0 aliphatic rings. The largest absolute Gasteiger partial charge is 0.394 e. The van der Waals surface area contributed by atoms with Crippen LogP contribution < -0.4 is 5.32 Å². The third-order valence-electron chi connectivity index (χ3n) is 12.4. The van der Waals surface area contributed by atoms with Crippen LogP contribution in [0.5, 0.6) is 0 Å². The first-order chi connectivity index (χ1) is 31.7. The fourth-order valence-electron chi connectivity index (χ4n) is 8.18. The molecular formula is C60H107NO3. The highest BCUT2D eigenvalue weighted by Gasteiger charge is 2.18. The summed E-state index contributed by atoms with van der Waals surface area (Å²) in [5.41, 5.74) is 0. The molecule has 3 N–H and O–H groups in total. The number of unbranched alkanes of at least 4 members (excludes halogenated alkanes) is 31. The summed E-state index contributed by atoms with van der Waals surface area (Å²) in [6, 6.07) is -0.630. The molecule has 1 amide bonds. The van der Waals surface area contributed by atoms with Crippen molar-refractivity contribution >= 4 is 5.91 Å². The van der Waals surface area contributed by atoms with Crippen LogP contribution in [0.2, 0.25) is 0 Å². The molecule has 0 aromatic carbocycles. The molecule has 0 spiro atoms. The molecule has 0 aromatic heterocycles. The zero-order chi connectivity index (χ0) is 46.3. The van der Waals surface area contributed by atoms with Gasteiger partial charge in [-0.3, -0.25) is 4.79 Å². The number of rotatable bonds is 50. The van der Waals surface area contributed by atoms with Gasteiger partial charge >= 0.3 is 0 Å². The lowest BCUT2D eigenvalue weighted by Gasteiger charge is -2.20. The van der Waals surface area contributed by atoms with Crippen LogP contribution in [0.3, 0.4) is 0 Å². The van der Waals surface area contributed by atoms with Crippen LogP contribution in [-0.2, 0) is 4.79 Å². The Hall–Kier alpha value is -2.43. The summed E-state index contributed by atoms with van der Waals surface area (Å²) >= 11 is 0. The van der Waals surface area contributed by atoms with E-state index in [1.165, 1.54) is 186 Å². The normalized spacial score (nSPS) is 13.5. The summed E-state index contributed by atoms with van der Waals surface area (Å²) < 4.78 is 0. The lowest BCUT2D eigenvalue weighted by Crippen LogP contribution is -2.45. The highest BCUT2D eigenvalue weighted by molar-refractivity contribution is 5.76. The number of carbonyl (C=O) groups is 1. The predicted octanol–water partition coefficient (Wildman–Crippen LogP) is 18.4. The van der Waals surface area contributed by atoms with E-state index in [1.807, 2.05) is 6.08 Å². The summed E-state index contributed by atoms with van der Waals surface area (Å²) in [6.07, 6.45) is 80.2. The van der Waals surface area contributed by atoms with Gasteiger partial charge in [-0.25, -0.2) is 0 Å². The maximum atomic E-state index is 12.5. The molecular weight excluding hydrogens is 783 g/mol. The molecule has 0 saturated carbocycles. The quantitative estimate of drug-likeness (QED) is 0.0421. The fraction of sp³-hybridized carbons (Fsp3) is 0.750. The molecule has 4 heteroatoms. The van der Waals surface area contributed by atoms with Gasteiger partial charge < -0.3 is 15.5 Å². The maximum absolute atomic E-state index is 12.5. The van der Waals surface area contributed by atoms with E-state index < -0.39 is 12.1 Å². The molecule has 0 fully saturated rings. The van der Waals surface area contributed by atoms with Crippen LogP contribution in [0.25, 0.3) is 0 Å². The van der Waals surface area contributed by atoms with E-state index >= 15 is 0 Å². The van der Waals surface area contributed by atoms with Crippen LogP contribution >= 0.6 is 0 Å². The van der Waals surface area contributed by atoms with Gasteiger partial charge in [-0.05, 0) is 70.6 Å². The minimum atomic E-state index is -0.847. The van der Waals surface area contributed by atoms with Crippen molar-refractivity contribution < 1.29 is 15.0 Å². The Labute approximate surface area is 399 Å². The lowest BCUT2D eigenvalue weighted by molar-refractivity contribution is -0.123. The molecule has 0 saturated heterocycles. The van der Waals surface area contributed by atoms with E-state index in [4.69, 9.17) is 0 Å². The highest BCUT2D eigenvalue weighted by atomic mass is 16.3. The Balaban J connectivity index is 3.56. The monoisotopic (exact) mass is 890 g/mol. The van der Waals surface area contributed by atoms with Crippen LogP contribution in [0, 0.1) is 0 Å². The van der Waals surface area contributed by atoms with Gasteiger partial charge in [0, 0.05) is 6.42 Å². The van der Waals surface area contributed by atoms with Gasteiger partial charge in [0.1, 0.15) is 0 Å². The SMILES string of the molecule is CC/C=C\C/C=C\C/C=C\C/C=C\C/C=C\C/C=C\CCCCCCCCCCCCC(=O)NC(CO)C(O)/C=C/CCCCCCCCCCCCCCCCCCCCCCC. The van der Waals surface area contributed by atoms with E-state index in [2.05, 4.69) is 92.1 Å². The lowest BCUT2D eigenvalue weighted by atomic mass is 10.0. The molecule has 0 aromatic rings. The van der Waals surface area contributed by atoms with Crippen molar-refractivity contribution in [3.05, 3.63) is 85.1 Å². The molecule has 2 unspecified atom stereocenters. The average Bonchev–Trinajstić information content (AvgIpc) is 3.30. The Bertz CT molecular complexity index is 1150. The van der Waals surface area contributed by atoms with Gasteiger partial charge in [0.15, 0.2) is 0 Å². The van der Waals surface area contributed by atoms with Crippen molar-refractivity contribution in [1.29, 1.82) is 0 Å². The predicted molar refractivity (Wildman–Crippen MR) is 285 cm³/mol. The molecule has 0 heterocycles. The summed E-state index contributed by atoms with van der Waals surface area (Å²) in [5, 5.41) is 23.2. The third kappa shape index (κ3) is 50.6. The minimum Gasteiger partial charge on any atom is -0.394 e. The standard InChI is InChI=1S/C60H107NO3/c1-3-5-7-9-11-13-15-17-19-21-23-25-27-28-29-30-31-32-34-36-38-40-42-44-46-48-50-52-54-56-60(64)61-58(57-62)59(63)55-53-51-49-47-45-43-41-39-37-35-33-26-24-22-20-18-16-14-12-10-8-6-4-2/h5,7,11,13,17,19,23,25,28-29,31-32,53,55,58-59,62-63H,3-4,6,8-10,12,14-16,18,20-22,24,26-27,30,33-52,54,56-57H2,1-2H3,(H,61,64)/b7-5-,13-11-,19-17-,25-23-,29-28-,32-31-,55-53+. The summed E-state index contributed by atoms with van der Waals surface area (Å²) in [4.78, 5) is 12.5. The smallest absolute Gasteiger partial charge is 0.220 e. The molecule has 370 valence electrons. The van der Waals surface area contributed by atoms with Crippen LogP contribution in [0.15, 0.2) is 85.1 Å². The summed E-state index contributed by atoms with van der Waals surface area (Å²) in [6.45, 7) is 4.21. The van der Waals surface area contributed by atoms with E-state index in [-0.39, 0.29) is 12.5 Å². The van der Waals surface area contributed by atoms with Crippen LogP contribution in [0.1, 0.15) is 271 Å². The molecule has 2 atom stereocenters. The second-order valence-corrected chi connectivity index (χ2v) is 18.6. The van der Waals surface area contributed by atoms with Crippen LogP contribution in [0.4, 0.5) is 0 Å². The van der Waals surface area contributed by atoms with E-state index in [0.29, 0.717) is 6.42 Å². The number of allylic oxidation sites excluding steroid dienone is 13.